The monoisotopic (exact) mass is 356 g/mol. The number of amides is 1. The Morgan fingerprint density at radius 3 is 2.62 bits per heavy atom. The molecule has 1 aliphatic rings. The number of anilines is 1. The number of nitrogens with zero attached hydrogens (tertiary/aromatic N) is 1. The van der Waals surface area contributed by atoms with Gasteiger partial charge in [-0.15, -0.1) is 0 Å². The summed E-state index contributed by atoms with van der Waals surface area (Å²) < 4.78 is 10.9. The Kier molecular flexibility index (Phi) is 6.86. The summed E-state index contributed by atoms with van der Waals surface area (Å²) in [5.74, 6) is 2.62. The van der Waals surface area contributed by atoms with Crippen LogP contribution in [0.5, 0.6) is 0 Å². The molecule has 0 bridgehead atoms. The van der Waals surface area contributed by atoms with Gasteiger partial charge in [0.1, 0.15) is 18.1 Å². The smallest absolute Gasteiger partial charge is 0.224 e. The number of likely N-dealkylation sites (tertiary alicyclic amines) is 1. The summed E-state index contributed by atoms with van der Waals surface area (Å²) in [5, 5.41) is 2.96. The number of para-hydroxylation sites is 1. The second-order valence-electron chi connectivity index (χ2n) is 6.97. The van der Waals surface area contributed by atoms with Crippen molar-refractivity contribution in [3.05, 3.63) is 54.0 Å². The van der Waals surface area contributed by atoms with Gasteiger partial charge in [0, 0.05) is 19.2 Å². The highest BCUT2D eigenvalue weighted by Crippen LogP contribution is 2.24. The number of furan rings is 1. The van der Waals surface area contributed by atoms with Crippen LogP contribution in [-0.4, -0.2) is 31.0 Å². The molecule has 0 aliphatic carbocycles. The standard InChI is InChI=1S/C21H28N2O3/c1-25-16-20-9-8-19(26-20)15-23-13-11-17(12-14-23)7-10-21(24)22-18-5-3-2-4-6-18/h2-6,8-9,17H,7,10-16H2,1H3,(H,22,24). The molecule has 2 aromatic rings. The Morgan fingerprint density at radius 2 is 1.88 bits per heavy atom. The summed E-state index contributed by atoms with van der Waals surface area (Å²) in [5.41, 5.74) is 0.874. The van der Waals surface area contributed by atoms with Crippen molar-refractivity contribution < 1.29 is 13.9 Å². The van der Waals surface area contributed by atoms with E-state index < -0.39 is 0 Å². The number of rotatable bonds is 8. The van der Waals surface area contributed by atoms with E-state index in [1.165, 1.54) is 0 Å². The third-order valence-corrected chi connectivity index (χ3v) is 4.93. The lowest BCUT2D eigenvalue weighted by Crippen LogP contribution is -2.33. The summed E-state index contributed by atoms with van der Waals surface area (Å²) in [7, 11) is 1.67. The van der Waals surface area contributed by atoms with Crippen LogP contribution in [0.1, 0.15) is 37.2 Å². The lowest BCUT2D eigenvalue weighted by molar-refractivity contribution is -0.116. The van der Waals surface area contributed by atoms with Crippen LogP contribution in [0.25, 0.3) is 0 Å². The normalized spacial score (nSPS) is 15.9. The van der Waals surface area contributed by atoms with E-state index >= 15 is 0 Å². The van der Waals surface area contributed by atoms with E-state index in [0.29, 0.717) is 18.9 Å². The van der Waals surface area contributed by atoms with Crippen molar-refractivity contribution in [1.29, 1.82) is 0 Å². The number of piperidine rings is 1. The molecule has 0 radical (unpaired) electrons. The quantitative estimate of drug-likeness (QED) is 0.775. The number of hydrogen-bond acceptors (Lipinski definition) is 4. The first-order chi connectivity index (χ1) is 12.7. The highest BCUT2D eigenvalue weighted by atomic mass is 16.5. The van der Waals surface area contributed by atoms with Gasteiger partial charge in [-0.2, -0.15) is 0 Å². The zero-order valence-corrected chi connectivity index (χ0v) is 15.4. The molecule has 1 aromatic heterocycles. The van der Waals surface area contributed by atoms with Crippen LogP contribution in [0, 0.1) is 5.92 Å². The average Bonchev–Trinajstić information content (AvgIpc) is 3.09. The number of ether oxygens (including phenoxy) is 1. The van der Waals surface area contributed by atoms with E-state index in [0.717, 1.165) is 56.1 Å². The van der Waals surface area contributed by atoms with Crippen LogP contribution in [-0.2, 0) is 22.7 Å². The number of nitrogens with one attached hydrogen (secondary N) is 1. The molecule has 3 rings (SSSR count). The molecule has 1 fully saturated rings. The van der Waals surface area contributed by atoms with Gasteiger partial charge in [-0.05, 0) is 62.5 Å². The summed E-state index contributed by atoms with van der Waals surface area (Å²) >= 11 is 0. The van der Waals surface area contributed by atoms with Crippen molar-refractivity contribution in [2.45, 2.75) is 38.8 Å². The van der Waals surface area contributed by atoms with Gasteiger partial charge < -0.3 is 14.5 Å². The van der Waals surface area contributed by atoms with Crippen LogP contribution in [0.15, 0.2) is 46.9 Å². The molecule has 5 nitrogen and oxygen atoms in total. The lowest BCUT2D eigenvalue weighted by atomic mass is 9.92. The zero-order valence-electron chi connectivity index (χ0n) is 15.4. The van der Waals surface area contributed by atoms with Crippen LogP contribution >= 0.6 is 0 Å². The van der Waals surface area contributed by atoms with Crippen LogP contribution < -0.4 is 5.32 Å². The minimum absolute atomic E-state index is 0.111. The third kappa shape index (κ3) is 5.71. The molecule has 0 unspecified atom stereocenters. The van der Waals surface area contributed by atoms with Crippen molar-refractivity contribution in [1.82, 2.24) is 4.90 Å². The second kappa shape index (κ2) is 9.55. The Hall–Kier alpha value is -2.11. The average molecular weight is 356 g/mol. The minimum atomic E-state index is 0.111. The van der Waals surface area contributed by atoms with E-state index in [1.807, 2.05) is 42.5 Å². The zero-order chi connectivity index (χ0) is 18.2. The molecule has 2 heterocycles. The second-order valence-corrected chi connectivity index (χ2v) is 6.97. The van der Waals surface area contributed by atoms with Gasteiger partial charge in [0.05, 0.1) is 6.54 Å². The first-order valence-corrected chi connectivity index (χ1v) is 9.36. The molecule has 1 saturated heterocycles. The van der Waals surface area contributed by atoms with Crippen LogP contribution in [0.2, 0.25) is 0 Å². The van der Waals surface area contributed by atoms with Crippen LogP contribution in [0.4, 0.5) is 5.69 Å². The number of carbonyl (C=O) groups excluding carboxylic acids is 1. The van der Waals surface area contributed by atoms with Gasteiger partial charge in [0.15, 0.2) is 0 Å². The van der Waals surface area contributed by atoms with Crippen molar-refractivity contribution in [2.75, 3.05) is 25.5 Å². The van der Waals surface area contributed by atoms with Gasteiger partial charge in [0.25, 0.3) is 0 Å². The van der Waals surface area contributed by atoms with E-state index in [2.05, 4.69) is 10.2 Å². The Morgan fingerprint density at radius 1 is 1.15 bits per heavy atom. The highest BCUT2D eigenvalue weighted by Gasteiger charge is 2.20. The molecule has 1 aliphatic heterocycles. The predicted octanol–water partition coefficient (Wildman–Crippen LogP) is 4.06. The van der Waals surface area contributed by atoms with Gasteiger partial charge in [-0.3, -0.25) is 9.69 Å². The van der Waals surface area contributed by atoms with Gasteiger partial charge in [0.2, 0.25) is 5.91 Å². The molecule has 0 atom stereocenters. The van der Waals surface area contributed by atoms with E-state index in [1.54, 1.807) is 7.11 Å². The van der Waals surface area contributed by atoms with Crippen molar-refractivity contribution in [2.24, 2.45) is 5.92 Å². The SMILES string of the molecule is COCc1ccc(CN2CCC(CCC(=O)Nc3ccccc3)CC2)o1. The van der Waals surface area contributed by atoms with Crippen molar-refractivity contribution >= 4 is 11.6 Å². The first-order valence-electron chi connectivity index (χ1n) is 9.36. The summed E-state index contributed by atoms with van der Waals surface area (Å²) in [6.07, 6.45) is 3.85. The summed E-state index contributed by atoms with van der Waals surface area (Å²) in [4.78, 5) is 14.5. The number of benzene rings is 1. The van der Waals surface area contributed by atoms with E-state index in [4.69, 9.17) is 9.15 Å². The molecule has 0 saturated carbocycles. The molecule has 140 valence electrons. The number of methoxy groups -OCH3 is 1. The maximum Gasteiger partial charge on any atom is 0.224 e. The maximum absolute atomic E-state index is 12.1. The Bertz CT molecular complexity index is 676. The molecule has 26 heavy (non-hydrogen) atoms. The van der Waals surface area contributed by atoms with Gasteiger partial charge >= 0.3 is 0 Å². The van der Waals surface area contributed by atoms with E-state index in [-0.39, 0.29) is 5.91 Å². The number of hydrogen-bond donors (Lipinski definition) is 1. The highest BCUT2D eigenvalue weighted by molar-refractivity contribution is 5.90. The Balaban J connectivity index is 1.35. The summed E-state index contributed by atoms with van der Waals surface area (Å²) in [6.45, 7) is 3.49. The third-order valence-electron chi connectivity index (χ3n) is 4.93. The molecule has 5 heteroatoms. The molecule has 1 aromatic carbocycles. The van der Waals surface area contributed by atoms with Crippen molar-refractivity contribution in [3.63, 3.8) is 0 Å². The molecule has 1 amide bonds. The van der Waals surface area contributed by atoms with Crippen LogP contribution in [0.3, 0.4) is 0 Å². The van der Waals surface area contributed by atoms with E-state index in [9.17, 15) is 4.79 Å². The fourth-order valence-electron chi connectivity index (χ4n) is 3.46. The molecular formula is C21H28N2O3. The fourth-order valence-corrected chi connectivity index (χ4v) is 3.46. The maximum atomic E-state index is 12.1. The topological polar surface area (TPSA) is 54.7 Å². The number of carbonyl (C=O) groups is 1. The largest absolute Gasteiger partial charge is 0.462 e. The van der Waals surface area contributed by atoms with Gasteiger partial charge in [-0.25, -0.2) is 0 Å². The van der Waals surface area contributed by atoms with Gasteiger partial charge in [-0.1, -0.05) is 18.2 Å². The lowest BCUT2D eigenvalue weighted by Gasteiger charge is -2.31. The predicted molar refractivity (Wildman–Crippen MR) is 102 cm³/mol. The Labute approximate surface area is 155 Å². The minimum Gasteiger partial charge on any atom is -0.462 e. The first kappa shape index (κ1) is 18.7. The summed E-state index contributed by atoms with van der Waals surface area (Å²) in [6, 6.07) is 13.7. The van der Waals surface area contributed by atoms with Crippen molar-refractivity contribution in [3.8, 4) is 0 Å². The molecule has 0 spiro atoms. The molecule has 1 N–H and O–H groups in total. The molecular weight excluding hydrogens is 328 g/mol. The fraction of sp³-hybridized carbons (Fsp3) is 0.476.